The van der Waals surface area contributed by atoms with E-state index in [0.29, 0.717) is 29.6 Å². The second-order valence-electron chi connectivity index (χ2n) is 10.7. The van der Waals surface area contributed by atoms with Crippen LogP contribution in [0.2, 0.25) is 0 Å². The van der Waals surface area contributed by atoms with Crippen LogP contribution in [0.3, 0.4) is 0 Å². The molecule has 0 bridgehead atoms. The number of aromatic nitrogens is 4. The first-order valence-corrected chi connectivity index (χ1v) is 12.7. The van der Waals surface area contributed by atoms with E-state index in [1.807, 2.05) is 30.5 Å². The molecule has 2 saturated heterocycles. The molecule has 8 rings (SSSR count). The van der Waals surface area contributed by atoms with Crippen molar-refractivity contribution >= 4 is 49.6 Å². The Morgan fingerprint density at radius 2 is 1.13 bits per heavy atom. The Bertz CT molecular complexity index is 1400. The Labute approximate surface area is 251 Å². The van der Waals surface area contributed by atoms with Crippen LogP contribution in [0.1, 0.15) is 49.4 Å². The van der Waals surface area contributed by atoms with Gasteiger partial charge in [-0.05, 0) is 54.2 Å². The number of rotatable bonds is 5. The summed E-state index contributed by atoms with van der Waals surface area (Å²) in [6.45, 7) is 0. The zero-order valence-corrected chi connectivity index (χ0v) is 24.2. The van der Waals surface area contributed by atoms with Crippen LogP contribution in [0.5, 0.6) is 0 Å². The van der Waals surface area contributed by atoms with Gasteiger partial charge in [-0.2, -0.15) is 4.39 Å². The lowest BCUT2D eigenvalue weighted by Gasteiger charge is -2.09. The molecule has 6 atom stereocenters. The quantitative estimate of drug-likeness (QED) is 0.200. The summed E-state index contributed by atoms with van der Waals surface area (Å²) in [7, 11) is 0. The number of piperidine rings is 2. The molecule has 0 radical (unpaired) electrons. The molecule has 0 amide bonds. The smallest absolute Gasteiger partial charge is 0.219 e. The molecule has 2 saturated carbocycles. The van der Waals surface area contributed by atoms with E-state index in [9.17, 15) is 4.39 Å². The highest BCUT2D eigenvalue weighted by Gasteiger charge is 2.47. The molecule has 11 heteroatoms. The van der Waals surface area contributed by atoms with Crippen LogP contribution in [-0.2, 0) is 0 Å². The van der Waals surface area contributed by atoms with Gasteiger partial charge in [0.25, 0.3) is 0 Å². The van der Waals surface area contributed by atoms with Gasteiger partial charge in [0.2, 0.25) is 5.95 Å². The maximum atomic E-state index is 14.7. The summed E-state index contributed by atoms with van der Waals surface area (Å²) >= 11 is 0. The van der Waals surface area contributed by atoms with Crippen LogP contribution < -0.4 is 10.6 Å². The fourth-order valence-corrected chi connectivity index (χ4v) is 6.11. The summed E-state index contributed by atoms with van der Waals surface area (Å²) in [5.74, 6) is 2.99. The minimum atomic E-state index is -0.358. The molecule has 2 aromatic carbocycles. The Morgan fingerprint density at radius 3 is 1.67 bits per heavy atom. The van der Waals surface area contributed by atoms with Gasteiger partial charge in [-0.15, -0.1) is 49.6 Å². The number of benzene rings is 2. The van der Waals surface area contributed by atoms with Crippen LogP contribution in [0, 0.1) is 17.8 Å². The molecule has 0 spiro atoms. The highest BCUT2D eigenvalue weighted by atomic mass is 35.5. The predicted molar refractivity (Wildman–Crippen MR) is 161 cm³/mol. The molecule has 4 N–H and O–H groups in total. The third-order valence-corrected chi connectivity index (χ3v) is 8.37. The van der Waals surface area contributed by atoms with E-state index in [2.05, 4.69) is 54.8 Å². The van der Waals surface area contributed by atoms with Gasteiger partial charge in [-0.1, -0.05) is 48.5 Å². The molecule has 2 aliphatic carbocycles. The zero-order valence-electron chi connectivity index (χ0n) is 20.9. The SMILES string of the molecule is Cl.Cl.Cl.Cl.Fc1[nH]c([C@@H]2C[C@H]3C[C@H]3N2)nc1-c1ccc(-c2ccc(-c3cnc([C@@H]4C[C@H]5C[C@H]5N4)[nH]3)cc2)cc1. The van der Waals surface area contributed by atoms with E-state index in [1.165, 1.54) is 19.3 Å². The lowest BCUT2D eigenvalue weighted by atomic mass is 10.0. The summed E-state index contributed by atoms with van der Waals surface area (Å²) < 4.78 is 14.7. The Morgan fingerprint density at radius 1 is 0.615 bits per heavy atom. The lowest BCUT2D eigenvalue weighted by molar-refractivity contribution is 0.528. The maximum Gasteiger partial charge on any atom is 0.219 e. The minimum absolute atomic E-state index is 0. The summed E-state index contributed by atoms with van der Waals surface area (Å²) in [5.41, 5.74) is 5.56. The fourth-order valence-electron chi connectivity index (χ4n) is 6.11. The van der Waals surface area contributed by atoms with Crippen molar-refractivity contribution in [2.75, 3.05) is 0 Å². The number of nitrogens with zero attached hydrogens (tertiary/aromatic N) is 2. The van der Waals surface area contributed by atoms with E-state index in [1.54, 1.807) is 0 Å². The highest BCUT2D eigenvalue weighted by molar-refractivity contribution is 5.86. The number of fused-ring (bicyclic) bond motifs is 2. The van der Waals surface area contributed by atoms with Gasteiger partial charge in [-0.3, -0.25) is 0 Å². The van der Waals surface area contributed by atoms with E-state index in [0.717, 1.165) is 52.0 Å². The summed E-state index contributed by atoms with van der Waals surface area (Å²) in [5, 5.41) is 7.18. The molecule has 4 fully saturated rings. The first-order chi connectivity index (χ1) is 17.2. The van der Waals surface area contributed by atoms with Crippen molar-refractivity contribution in [2.24, 2.45) is 11.8 Å². The summed E-state index contributed by atoms with van der Waals surface area (Å²) in [6, 6.07) is 18.3. The fraction of sp³-hybridized carbons (Fsp3) is 0.357. The molecular weight excluding hydrogens is 581 g/mol. The molecule has 0 unspecified atom stereocenters. The molecule has 208 valence electrons. The molecule has 39 heavy (non-hydrogen) atoms. The lowest BCUT2D eigenvalue weighted by Crippen LogP contribution is -2.18. The first kappa shape index (κ1) is 29.8. The Kier molecular flexibility index (Phi) is 8.72. The number of H-pyrrole nitrogens is 2. The Balaban J connectivity index is 0.000000882. The molecule has 4 aliphatic rings. The van der Waals surface area contributed by atoms with Gasteiger partial charge in [-0.25, -0.2) is 9.97 Å². The predicted octanol–water partition coefficient (Wildman–Crippen LogP) is 6.81. The molecule has 6 nitrogen and oxygen atoms in total. The van der Waals surface area contributed by atoms with Crippen LogP contribution in [0.4, 0.5) is 4.39 Å². The van der Waals surface area contributed by atoms with E-state index in [4.69, 9.17) is 0 Å². The van der Waals surface area contributed by atoms with Crippen LogP contribution in [0.15, 0.2) is 54.7 Å². The van der Waals surface area contributed by atoms with Gasteiger partial charge in [0.1, 0.15) is 17.3 Å². The third kappa shape index (κ3) is 5.45. The van der Waals surface area contributed by atoms with Crippen molar-refractivity contribution in [2.45, 2.75) is 49.9 Å². The second kappa shape index (κ2) is 11.4. The minimum Gasteiger partial charge on any atom is -0.341 e. The molecular formula is C28H31Cl4FN6. The van der Waals surface area contributed by atoms with Gasteiger partial charge in [0.15, 0.2) is 0 Å². The standard InChI is InChI=1S/C28H27FN6.4ClH/c29-26-25(34-28(35-26)23-12-19-10-21(19)32-23)17-7-3-15(4-8-17)14-1-5-16(6-2-14)24-13-30-27(33-24)22-11-18-9-20(18)31-22;;;;/h1-8,13,18-23,31-32H,9-12H2,(H,30,33)(H,34,35);4*1H/t18-,19-,20-,21-,22+,23+;;;;/m1..../s1. The molecule has 4 aromatic rings. The van der Waals surface area contributed by atoms with Crippen LogP contribution in [0.25, 0.3) is 33.6 Å². The van der Waals surface area contributed by atoms with E-state index in [-0.39, 0.29) is 61.6 Å². The van der Waals surface area contributed by atoms with Gasteiger partial charge < -0.3 is 20.6 Å². The molecule has 4 heterocycles. The molecule has 2 aromatic heterocycles. The summed E-state index contributed by atoms with van der Waals surface area (Å²) in [6.07, 6.45) is 6.74. The van der Waals surface area contributed by atoms with Gasteiger partial charge in [0.05, 0.1) is 24.0 Å². The van der Waals surface area contributed by atoms with Gasteiger partial charge in [0, 0.05) is 17.6 Å². The zero-order chi connectivity index (χ0) is 23.1. The van der Waals surface area contributed by atoms with E-state index >= 15 is 0 Å². The highest BCUT2D eigenvalue weighted by Crippen LogP contribution is 2.46. The number of aromatic amines is 2. The van der Waals surface area contributed by atoms with Crippen molar-refractivity contribution < 1.29 is 4.39 Å². The topological polar surface area (TPSA) is 81.4 Å². The van der Waals surface area contributed by atoms with Crippen molar-refractivity contribution in [3.8, 4) is 33.6 Å². The maximum absolute atomic E-state index is 14.7. The molecule has 2 aliphatic heterocycles. The Hall–Kier alpha value is -2.13. The average Bonchev–Trinajstić information content (AvgIpc) is 3.47. The van der Waals surface area contributed by atoms with Gasteiger partial charge >= 0.3 is 0 Å². The first-order valence-electron chi connectivity index (χ1n) is 12.7. The number of hydrogen-bond donors (Lipinski definition) is 4. The largest absolute Gasteiger partial charge is 0.341 e. The van der Waals surface area contributed by atoms with Crippen molar-refractivity contribution in [3.63, 3.8) is 0 Å². The van der Waals surface area contributed by atoms with Crippen molar-refractivity contribution in [1.82, 2.24) is 30.6 Å². The van der Waals surface area contributed by atoms with E-state index < -0.39 is 0 Å². The monoisotopic (exact) mass is 610 g/mol. The number of nitrogens with one attached hydrogen (secondary N) is 4. The normalized spacial score (nSPS) is 27.2. The third-order valence-electron chi connectivity index (χ3n) is 8.37. The van der Waals surface area contributed by atoms with Crippen LogP contribution >= 0.6 is 49.6 Å². The second-order valence-corrected chi connectivity index (χ2v) is 10.7. The number of hydrogen-bond acceptors (Lipinski definition) is 4. The average molecular weight is 612 g/mol. The number of imidazole rings is 2. The number of halogens is 5. The van der Waals surface area contributed by atoms with Crippen molar-refractivity contribution in [1.29, 1.82) is 0 Å². The van der Waals surface area contributed by atoms with Crippen LogP contribution in [-0.4, -0.2) is 32.0 Å². The summed E-state index contributed by atoms with van der Waals surface area (Å²) in [4.78, 5) is 15.6. The van der Waals surface area contributed by atoms with Crippen molar-refractivity contribution in [3.05, 3.63) is 72.3 Å².